The molecule has 1 aromatic rings. The fourth-order valence-corrected chi connectivity index (χ4v) is 1.47. The number of benzene rings is 1. The number of ether oxygens (including phenoxy) is 1. The van der Waals surface area contributed by atoms with Gasteiger partial charge in [-0.2, -0.15) is 5.26 Å². The lowest BCUT2D eigenvalue weighted by Gasteiger charge is -2.08. The lowest BCUT2D eigenvalue weighted by molar-refractivity contribution is -0.135. The number of esters is 1. The Bertz CT molecular complexity index is 583. The van der Waals surface area contributed by atoms with Crippen molar-refractivity contribution < 1.29 is 14.3 Å². The maximum Gasteiger partial charge on any atom is 0.350 e. The van der Waals surface area contributed by atoms with Gasteiger partial charge in [0.2, 0.25) is 0 Å². The van der Waals surface area contributed by atoms with Crippen molar-refractivity contribution in [1.82, 2.24) is 5.32 Å². The van der Waals surface area contributed by atoms with Crippen molar-refractivity contribution in [2.45, 2.75) is 19.9 Å². The third-order valence-corrected chi connectivity index (χ3v) is 2.48. The molecular formula is C15H17N3O3. The quantitative estimate of drug-likeness (QED) is 0.489. The maximum atomic E-state index is 11.8. The number of carbonyl (C=O) groups is 2. The first-order valence-corrected chi connectivity index (χ1v) is 6.34. The van der Waals surface area contributed by atoms with Crippen LogP contribution in [0.5, 0.6) is 0 Å². The molecule has 21 heavy (non-hydrogen) atoms. The number of nitrogens with zero attached hydrogens (tertiary/aromatic N) is 1. The molecule has 0 atom stereocenters. The second kappa shape index (κ2) is 7.70. The van der Waals surface area contributed by atoms with Crippen LogP contribution in [0.3, 0.4) is 0 Å². The molecule has 2 N–H and O–H groups in total. The molecule has 0 unspecified atom stereocenters. The van der Waals surface area contributed by atoms with Crippen LogP contribution in [0.2, 0.25) is 0 Å². The van der Waals surface area contributed by atoms with Crippen LogP contribution in [-0.4, -0.2) is 25.0 Å². The van der Waals surface area contributed by atoms with Gasteiger partial charge in [0.1, 0.15) is 6.07 Å². The molecule has 0 saturated heterocycles. The van der Waals surface area contributed by atoms with E-state index >= 15 is 0 Å². The third kappa shape index (κ3) is 4.99. The van der Waals surface area contributed by atoms with Crippen LogP contribution in [0.15, 0.2) is 36.0 Å². The van der Waals surface area contributed by atoms with E-state index in [-0.39, 0.29) is 17.5 Å². The van der Waals surface area contributed by atoms with Crippen LogP contribution < -0.4 is 10.6 Å². The summed E-state index contributed by atoms with van der Waals surface area (Å²) in [6.07, 6.45) is 1.26. The number of nitrogens with one attached hydrogen (secondary N) is 2. The highest BCUT2D eigenvalue weighted by Gasteiger charge is 2.08. The van der Waals surface area contributed by atoms with E-state index in [1.165, 1.54) is 13.3 Å². The number of hydrogen-bond donors (Lipinski definition) is 2. The van der Waals surface area contributed by atoms with Gasteiger partial charge in [-0.3, -0.25) is 4.79 Å². The first-order chi connectivity index (χ1) is 9.97. The SMILES string of the molecule is COC(=O)/C(C#N)=C\Nc1ccc(C(=O)NC(C)C)cc1. The van der Waals surface area contributed by atoms with E-state index in [0.29, 0.717) is 11.3 Å². The maximum absolute atomic E-state index is 11.8. The topological polar surface area (TPSA) is 91.2 Å². The summed E-state index contributed by atoms with van der Waals surface area (Å²) in [5, 5.41) is 14.4. The molecule has 0 saturated carbocycles. The second-order valence-electron chi connectivity index (χ2n) is 4.51. The fourth-order valence-electron chi connectivity index (χ4n) is 1.47. The molecule has 0 radical (unpaired) electrons. The van der Waals surface area contributed by atoms with Crippen molar-refractivity contribution in [1.29, 1.82) is 5.26 Å². The molecule has 110 valence electrons. The van der Waals surface area contributed by atoms with E-state index in [1.54, 1.807) is 30.3 Å². The Balaban J connectivity index is 2.75. The summed E-state index contributed by atoms with van der Waals surface area (Å²) in [4.78, 5) is 23.0. The first-order valence-electron chi connectivity index (χ1n) is 6.34. The van der Waals surface area contributed by atoms with Gasteiger partial charge in [0, 0.05) is 23.5 Å². The van der Waals surface area contributed by atoms with Gasteiger partial charge in [-0.05, 0) is 38.1 Å². The summed E-state index contributed by atoms with van der Waals surface area (Å²) in [6, 6.07) is 8.46. The number of amides is 1. The molecule has 1 aromatic carbocycles. The van der Waals surface area contributed by atoms with Crippen molar-refractivity contribution in [2.75, 3.05) is 12.4 Å². The fraction of sp³-hybridized carbons (Fsp3) is 0.267. The highest BCUT2D eigenvalue weighted by Crippen LogP contribution is 2.10. The van der Waals surface area contributed by atoms with Gasteiger partial charge >= 0.3 is 5.97 Å². The molecule has 1 rings (SSSR count). The molecule has 6 heteroatoms. The average molecular weight is 287 g/mol. The third-order valence-electron chi connectivity index (χ3n) is 2.48. The van der Waals surface area contributed by atoms with Gasteiger partial charge in [0.25, 0.3) is 5.91 Å². The molecule has 0 bridgehead atoms. The van der Waals surface area contributed by atoms with Crippen LogP contribution in [0.25, 0.3) is 0 Å². The van der Waals surface area contributed by atoms with Gasteiger partial charge < -0.3 is 15.4 Å². The van der Waals surface area contributed by atoms with Gasteiger partial charge in [-0.1, -0.05) is 0 Å². The Labute approximate surface area is 123 Å². The summed E-state index contributed by atoms with van der Waals surface area (Å²) in [6.45, 7) is 3.77. The Morgan fingerprint density at radius 1 is 1.29 bits per heavy atom. The van der Waals surface area contributed by atoms with Gasteiger partial charge in [0.15, 0.2) is 5.57 Å². The van der Waals surface area contributed by atoms with Gasteiger partial charge in [0.05, 0.1) is 7.11 Å². The smallest absolute Gasteiger partial charge is 0.350 e. The summed E-state index contributed by atoms with van der Waals surface area (Å²) in [5.41, 5.74) is 1.04. The Hall–Kier alpha value is -2.81. The molecule has 6 nitrogen and oxygen atoms in total. The molecule has 0 aromatic heterocycles. The van der Waals surface area contributed by atoms with Crippen molar-refractivity contribution >= 4 is 17.6 Å². The van der Waals surface area contributed by atoms with Gasteiger partial charge in [-0.25, -0.2) is 4.79 Å². The molecule has 0 aliphatic rings. The summed E-state index contributed by atoms with van der Waals surface area (Å²) in [5.74, 6) is -0.864. The number of methoxy groups -OCH3 is 1. The number of nitriles is 1. The zero-order valence-electron chi connectivity index (χ0n) is 12.1. The van der Waals surface area contributed by atoms with Crippen molar-refractivity contribution in [3.05, 3.63) is 41.6 Å². The molecule has 0 aliphatic heterocycles. The standard InChI is InChI=1S/C15H17N3O3/c1-10(2)18-14(19)11-4-6-13(7-5-11)17-9-12(8-16)15(20)21-3/h4-7,9-10,17H,1-3H3,(H,18,19)/b12-9-. The predicted octanol–water partition coefficient (Wildman–Crippen LogP) is 1.82. The molecule has 0 fully saturated rings. The highest BCUT2D eigenvalue weighted by molar-refractivity contribution is 5.95. The second-order valence-corrected chi connectivity index (χ2v) is 4.51. The summed E-state index contributed by atoms with van der Waals surface area (Å²) < 4.78 is 4.46. The zero-order valence-corrected chi connectivity index (χ0v) is 12.1. The van der Waals surface area contributed by atoms with E-state index in [9.17, 15) is 9.59 Å². The molecular weight excluding hydrogens is 270 g/mol. The minimum Gasteiger partial charge on any atom is -0.465 e. The molecule has 0 heterocycles. The van der Waals surface area contributed by atoms with E-state index in [4.69, 9.17) is 5.26 Å². The number of hydrogen-bond acceptors (Lipinski definition) is 5. The van der Waals surface area contributed by atoms with E-state index in [2.05, 4.69) is 15.4 Å². The van der Waals surface area contributed by atoms with E-state index in [1.807, 2.05) is 13.8 Å². The molecule has 0 spiro atoms. The Morgan fingerprint density at radius 2 is 1.90 bits per heavy atom. The monoisotopic (exact) mass is 287 g/mol. The highest BCUT2D eigenvalue weighted by atomic mass is 16.5. The molecule has 1 amide bonds. The average Bonchev–Trinajstić information content (AvgIpc) is 2.47. The van der Waals surface area contributed by atoms with Crippen LogP contribution in [0.4, 0.5) is 5.69 Å². The van der Waals surface area contributed by atoms with Gasteiger partial charge in [-0.15, -0.1) is 0 Å². The van der Waals surface area contributed by atoms with E-state index in [0.717, 1.165) is 0 Å². The normalized spacial score (nSPS) is 10.7. The lowest BCUT2D eigenvalue weighted by Crippen LogP contribution is -2.29. The minimum absolute atomic E-state index is 0.0662. The Morgan fingerprint density at radius 3 is 2.38 bits per heavy atom. The number of anilines is 1. The van der Waals surface area contributed by atoms with Crippen LogP contribution in [0, 0.1) is 11.3 Å². The van der Waals surface area contributed by atoms with Crippen LogP contribution in [0.1, 0.15) is 24.2 Å². The van der Waals surface area contributed by atoms with Crippen molar-refractivity contribution in [3.8, 4) is 6.07 Å². The van der Waals surface area contributed by atoms with Crippen molar-refractivity contribution in [3.63, 3.8) is 0 Å². The first kappa shape index (κ1) is 16.2. The molecule has 0 aliphatic carbocycles. The lowest BCUT2D eigenvalue weighted by atomic mass is 10.2. The minimum atomic E-state index is -0.710. The van der Waals surface area contributed by atoms with E-state index < -0.39 is 5.97 Å². The predicted molar refractivity (Wildman–Crippen MR) is 78.4 cm³/mol. The number of rotatable bonds is 5. The zero-order chi connectivity index (χ0) is 15.8. The largest absolute Gasteiger partial charge is 0.465 e. The summed E-state index contributed by atoms with van der Waals surface area (Å²) in [7, 11) is 1.20. The Kier molecular flexibility index (Phi) is 5.96. The van der Waals surface area contributed by atoms with Crippen molar-refractivity contribution in [2.24, 2.45) is 0 Å². The van der Waals surface area contributed by atoms with Crippen LogP contribution in [-0.2, 0) is 9.53 Å². The van der Waals surface area contributed by atoms with Crippen LogP contribution >= 0.6 is 0 Å². The summed E-state index contributed by atoms with van der Waals surface area (Å²) >= 11 is 0. The number of carbonyl (C=O) groups excluding carboxylic acids is 2.